The van der Waals surface area contributed by atoms with Gasteiger partial charge in [-0.15, -0.1) is 0 Å². The zero-order chi connectivity index (χ0) is 41.5. The predicted octanol–water partition coefficient (Wildman–Crippen LogP) is 7.06. The van der Waals surface area contributed by atoms with Crippen molar-refractivity contribution in [3.63, 3.8) is 0 Å². The zero-order valence-electron chi connectivity index (χ0n) is 36.9. The summed E-state index contributed by atoms with van der Waals surface area (Å²) in [6.07, 6.45) is 7.77. The van der Waals surface area contributed by atoms with Crippen LogP contribution in [0, 0.1) is 35.5 Å². The van der Waals surface area contributed by atoms with E-state index in [1.54, 1.807) is 0 Å². The number of nitrogens with two attached hydrogens (primary N) is 2. The summed E-state index contributed by atoms with van der Waals surface area (Å²) in [5.74, 6) is 1.72. The van der Waals surface area contributed by atoms with E-state index in [4.69, 9.17) is 35.2 Å². The molecule has 0 spiro atoms. The third kappa shape index (κ3) is 18.5. The Bertz CT molecular complexity index is 1200. The summed E-state index contributed by atoms with van der Waals surface area (Å²) in [6.45, 7) is 23.7. The lowest BCUT2D eigenvalue weighted by Crippen LogP contribution is -2.47. The van der Waals surface area contributed by atoms with E-state index in [1.165, 1.54) is 19.3 Å². The SMILES string of the molecule is CCOC(CN(CCC(C)Cc1cc(OCC(C)C)ccc1C[C@H](CN)C(=O)N(CC1CCCCC1)CC(OCC)OCC)C(=O)[C@@H](CN)CC(C)C)OCC. The fourth-order valence-electron chi connectivity index (χ4n) is 7.76. The minimum Gasteiger partial charge on any atom is -0.493 e. The third-order valence-corrected chi connectivity index (χ3v) is 10.7. The first-order chi connectivity index (χ1) is 26.9. The van der Waals surface area contributed by atoms with E-state index >= 15 is 0 Å². The fraction of sp³-hybridized carbons (Fsp3) is 0.822. The monoisotopic (exact) mass is 791 g/mol. The molecule has 1 aromatic carbocycles. The summed E-state index contributed by atoms with van der Waals surface area (Å²) < 4.78 is 29.8. The molecule has 1 unspecified atom stereocenters. The number of rotatable bonds is 30. The lowest BCUT2D eigenvalue weighted by molar-refractivity contribution is -0.162. The minimum absolute atomic E-state index is 0.0561. The van der Waals surface area contributed by atoms with Gasteiger partial charge < -0.3 is 45.0 Å². The van der Waals surface area contributed by atoms with E-state index in [2.05, 4.69) is 46.8 Å². The first kappa shape index (κ1) is 49.9. The van der Waals surface area contributed by atoms with Gasteiger partial charge in [-0.3, -0.25) is 9.59 Å². The van der Waals surface area contributed by atoms with Crippen molar-refractivity contribution in [3.8, 4) is 5.75 Å². The molecule has 11 heteroatoms. The van der Waals surface area contributed by atoms with Crippen molar-refractivity contribution in [2.45, 2.75) is 133 Å². The number of hydrogen-bond donors (Lipinski definition) is 2. The Balaban J connectivity index is 2.38. The van der Waals surface area contributed by atoms with Crippen LogP contribution in [-0.2, 0) is 41.4 Å². The van der Waals surface area contributed by atoms with Gasteiger partial charge in [-0.1, -0.05) is 59.9 Å². The standard InChI is InChI=1S/C45H82N4O7/c1-10-52-42(53-11-2)30-48(44(50)39(27-46)23-33(5)6)22-21-35(9)24-38-26-41(56-32-34(7)8)20-19-37(38)25-40(28-47)45(51)49(29-36-17-15-14-16-18-36)31-43(54-12-3)55-13-4/h19-20,26,33-36,39-40,42-43H,10-18,21-25,27-32,46-47H2,1-9H3/t35?,39-,40-/m1/s1. The highest BCUT2D eigenvalue weighted by Gasteiger charge is 2.31. The van der Waals surface area contributed by atoms with Gasteiger partial charge in [0.15, 0.2) is 12.6 Å². The van der Waals surface area contributed by atoms with E-state index in [0.29, 0.717) is 89.9 Å². The van der Waals surface area contributed by atoms with Crippen LogP contribution in [0.25, 0.3) is 0 Å². The molecule has 1 aliphatic carbocycles. The molecule has 0 saturated heterocycles. The molecule has 2 amide bonds. The summed E-state index contributed by atoms with van der Waals surface area (Å²) in [5.41, 5.74) is 14.9. The summed E-state index contributed by atoms with van der Waals surface area (Å²) in [4.78, 5) is 32.3. The predicted molar refractivity (Wildman–Crippen MR) is 226 cm³/mol. The molecule has 324 valence electrons. The van der Waals surface area contributed by atoms with Gasteiger partial charge in [0.1, 0.15) is 5.75 Å². The van der Waals surface area contributed by atoms with Crippen LogP contribution in [0.3, 0.4) is 0 Å². The quantitative estimate of drug-likeness (QED) is 0.0785. The molecular formula is C45H82N4O7. The second kappa shape index (κ2) is 28.2. The number of carbonyl (C=O) groups is 2. The Morgan fingerprint density at radius 3 is 1.79 bits per heavy atom. The van der Waals surface area contributed by atoms with Gasteiger partial charge in [0, 0.05) is 52.6 Å². The van der Waals surface area contributed by atoms with Crippen molar-refractivity contribution in [1.29, 1.82) is 0 Å². The molecule has 3 atom stereocenters. The molecule has 1 aliphatic rings. The van der Waals surface area contributed by atoms with Gasteiger partial charge in [-0.25, -0.2) is 0 Å². The van der Waals surface area contributed by atoms with Crippen LogP contribution < -0.4 is 16.2 Å². The molecule has 0 bridgehead atoms. The number of hydrogen-bond acceptors (Lipinski definition) is 9. The van der Waals surface area contributed by atoms with Gasteiger partial charge in [0.2, 0.25) is 11.8 Å². The van der Waals surface area contributed by atoms with Gasteiger partial charge in [-0.2, -0.15) is 0 Å². The van der Waals surface area contributed by atoms with Crippen molar-refractivity contribution < 1.29 is 33.3 Å². The second-order valence-corrected chi connectivity index (χ2v) is 16.6. The fourth-order valence-corrected chi connectivity index (χ4v) is 7.76. The van der Waals surface area contributed by atoms with Gasteiger partial charge >= 0.3 is 0 Å². The van der Waals surface area contributed by atoms with Crippen molar-refractivity contribution in [3.05, 3.63) is 29.3 Å². The molecule has 56 heavy (non-hydrogen) atoms. The Labute approximate surface area is 341 Å². The van der Waals surface area contributed by atoms with Crippen LogP contribution in [0.5, 0.6) is 5.75 Å². The summed E-state index contributed by atoms with van der Waals surface area (Å²) in [6, 6.07) is 6.28. The van der Waals surface area contributed by atoms with Crippen molar-refractivity contribution in [2.75, 3.05) is 72.3 Å². The normalized spacial score (nSPS) is 15.5. The minimum atomic E-state index is -0.496. The number of nitrogens with zero attached hydrogens (tertiary/aromatic N) is 2. The number of amides is 2. The van der Waals surface area contributed by atoms with Crippen LogP contribution in [0.4, 0.5) is 0 Å². The van der Waals surface area contributed by atoms with Crippen LogP contribution in [0.15, 0.2) is 18.2 Å². The Hall–Kier alpha value is -2.28. The van der Waals surface area contributed by atoms with E-state index in [0.717, 1.165) is 49.0 Å². The Kier molecular flexibility index (Phi) is 25.1. The molecule has 1 fully saturated rings. The summed E-state index contributed by atoms with van der Waals surface area (Å²) in [7, 11) is 0. The van der Waals surface area contributed by atoms with E-state index in [-0.39, 0.29) is 30.2 Å². The van der Waals surface area contributed by atoms with E-state index in [9.17, 15) is 9.59 Å². The number of benzene rings is 1. The van der Waals surface area contributed by atoms with Crippen molar-refractivity contribution >= 4 is 11.8 Å². The molecule has 0 radical (unpaired) electrons. The molecule has 11 nitrogen and oxygen atoms in total. The number of carbonyl (C=O) groups excluding carboxylic acids is 2. The van der Waals surface area contributed by atoms with Crippen LogP contribution in [0.1, 0.15) is 118 Å². The van der Waals surface area contributed by atoms with E-state index in [1.807, 2.05) is 43.6 Å². The highest BCUT2D eigenvalue weighted by atomic mass is 16.7. The maximum absolute atomic E-state index is 14.5. The van der Waals surface area contributed by atoms with Crippen LogP contribution >= 0.6 is 0 Å². The highest BCUT2D eigenvalue weighted by Crippen LogP contribution is 2.28. The van der Waals surface area contributed by atoms with Gasteiger partial charge in [0.25, 0.3) is 0 Å². The first-order valence-corrected chi connectivity index (χ1v) is 22.1. The lowest BCUT2D eigenvalue weighted by Gasteiger charge is -2.34. The summed E-state index contributed by atoms with van der Waals surface area (Å²) >= 11 is 0. The molecule has 0 heterocycles. The Morgan fingerprint density at radius 2 is 1.27 bits per heavy atom. The molecule has 1 saturated carbocycles. The van der Waals surface area contributed by atoms with Crippen LogP contribution in [0.2, 0.25) is 0 Å². The average molecular weight is 791 g/mol. The Morgan fingerprint density at radius 1 is 0.714 bits per heavy atom. The molecule has 0 aromatic heterocycles. The molecule has 4 N–H and O–H groups in total. The first-order valence-electron chi connectivity index (χ1n) is 22.1. The van der Waals surface area contributed by atoms with Gasteiger partial charge in [-0.05, 0) is 113 Å². The van der Waals surface area contributed by atoms with E-state index < -0.39 is 18.5 Å². The van der Waals surface area contributed by atoms with Gasteiger partial charge in [0.05, 0.1) is 31.5 Å². The molecule has 2 rings (SSSR count). The molecule has 0 aliphatic heterocycles. The summed E-state index contributed by atoms with van der Waals surface area (Å²) in [5, 5.41) is 0. The van der Waals surface area contributed by atoms with Crippen molar-refractivity contribution in [2.24, 2.45) is 47.0 Å². The topological polar surface area (TPSA) is 139 Å². The maximum atomic E-state index is 14.5. The third-order valence-electron chi connectivity index (χ3n) is 10.7. The molecule has 1 aromatic rings. The smallest absolute Gasteiger partial charge is 0.227 e. The maximum Gasteiger partial charge on any atom is 0.227 e. The highest BCUT2D eigenvalue weighted by molar-refractivity contribution is 5.80. The number of ether oxygens (including phenoxy) is 5. The lowest BCUT2D eigenvalue weighted by atomic mass is 9.87. The largest absolute Gasteiger partial charge is 0.493 e. The zero-order valence-corrected chi connectivity index (χ0v) is 36.9. The van der Waals surface area contributed by atoms with Crippen molar-refractivity contribution in [1.82, 2.24) is 9.80 Å². The molecular weight excluding hydrogens is 709 g/mol. The second-order valence-electron chi connectivity index (χ2n) is 16.6. The average Bonchev–Trinajstić information content (AvgIpc) is 3.17. The van der Waals surface area contributed by atoms with Crippen LogP contribution in [-0.4, -0.2) is 106 Å².